The van der Waals surface area contributed by atoms with Gasteiger partial charge < -0.3 is 9.47 Å². The highest BCUT2D eigenvalue weighted by molar-refractivity contribution is 9.10. The second-order valence-electron chi connectivity index (χ2n) is 3.72. The van der Waals surface area contributed by atoms with E-state index in [9.17, 15) is 4.79 Å². The second-order valence-corrected chi connectivity index (χ2v) is 4.57. The van der Waals surface area contributed by atoms with Crippen LogP contribution in [0.5, 0.6) is 5.75 Å². The molecule has 0 radical (unpaired) electrons. The number of nitrogens with one attached hydrogen (secondary N) is 1. The van der Waals surface area contributed by atoms with E-state index in [4.69, 9.17) is 15.9 Å². The summed E-state index contributed by atoms with van der Waals surface area (Å²) in [6.07, 6.45) is 4.45. The number of ether oxygens (including phenoxy) is 2. The van der Waals surface area contributed by atoms with E-state index in [1.807, 2.05) is 0 Å². The predicted molar refractivity (Wildman–Crippen MR) is 73.7 cm³/mol. The van der Waals surface area contributed by atoms with Crippen LogP contribution < -0.4 is 10.1 Å². The van der Waals surface area contributed by atoms with Crippen LogP contribution in [-0.4, -0.2) is 18.8 Å². The number of halogens is 1. The Morgan fingerprint density at radius 2 is 2.28 bits per heavy atom. The van der Waals surface area contributed by atoms with Crippen LogP contribution in [0.4, 0.5) is 10.5 Å². The van der Waals surface area contributed by atoms with Gasteiger partial charge in [-0.1, -0.05) is 5.92 Å². The summed E-state index contributed by atoms with van der Waals surface area (Å²) in [6, 6.07) is 5.14. The van der Waals surface area contributed by atoms with E-state index in [0.717, 1.165) is 0 Å². The quantitative estimate of drug-likeness (QED) is 0.867. The number of amides is 1. The molecule has 0 spiro atoms. The fourth-order valence-electron chi connectivity index (χ4n) is 1.18. The minimum absolute atomic E-state index is 0.160. The van der Waals surface area contributed by atoms with E-state index >= 15 is 0 Å². The van der Waals surface area contributed by atoms with Gasteiger partial charge in [-0.3, -0.25) is 5.32 Å². The predicted octanol–water partition coefficient (Wildman–Crippen LogP) is 3.42. The van der Waals surface area contributed by atoms with Crippen LogP contribution in [0.1, 0.15) is 13.8 Å². The molecule has 0 unspecified atom stereocenters. The van der Waals surface area contributed by atoms with E-state index in [1.165, 1.54) is 0 Å². The van der Waals surface area contributed by atoms with Gasteiger partial charge in [0.05, 0.1) is 10.6 Å². The minimum atomic E-state index is -0.491. The van der Waals surface area contributed by atoms with Crippen molar-refractivity contribution in [2.24, 2.45) is 0 Å². The summed E-state index contributed by atoms with van der Waals surface area (Å²) in [6.45, 7) is 3.76. The Morgan fingerprint density at radius 3 is 2.83 bits per heavy atom. The Morgan fingerprint density at radius 1 is 1.56 bits per heavy atom. The number of carbonyl (C=O) groups is 1. The number of terminal acetylenes is 1. The van der Waals surface area contributed by atoms with E-state index < -0.39 is 6.09 Å². The lowest BCUT2D eigenvalue weighted by atomic mass is 10.3. The lowest BCUT2D eigenvalue weighted by Crippen LogP contribution is -2.17. The molecule has 18 heavy (non-hydrogen) atoms. The molecule has 0 atom stereocenters. The normalized spacial score (nSPS) is 9.72. The zero-order chi connectivity index (χ0) is 13.5. The number of anilines is 1. The van der Waals surface area contributed by atoms with E-state index in [2.05, 4.69) is 27.2 Å². The molecular formula is C13H14BrNO3. The first-order valence-electron chi connectivity index (χ1n) is 5.36. The molecule has 0 aliphatic rings. The van der Waals surface area contributed by atoms with Crippen LogP contribution in [0.15, 0.2) is 22.7 Å². The van der Waals surface area contributed by atoms with Crippen LogP contribution in [-0.2, 0) is 4.74 Å². The van der Waals surface area contributed by atoms with Gasteiger partial charge in [0.25, 0.3) is 0 Å². The molecule has 4 nitrogen and oxygen atoms in total. The molecule has 96 valence electrons. The average molecular weight is 312 g/mol. The fraction of sp³-hybridized carbons (Fsp3) is 0.308. The van der Waals surface area contributed by atoms with Crippen molar-refractivity contribution in [2.45, 2.75) is 20.0 Å². The van der Waals surface area contributed by atoms with Gasteiger partial charge in [-0.2, -0.15) is 0 Å². The molecule has 1 aromatic carbocycles. The number of hydrogen-bond acceptors (Lipinski definition) is 3. The van der Waals surface area contributed by atoms with Gasteiger partial charge in [-0.25, -0.2) is 4.79 Å². The monoisotopic (exact) mass is 311 g/mol. The van der Waals surface area contributed by atoms with Crippen molar-refractivity contribution < 1.29 is 14.3 Å². The standard InChI is InChI=1S/C13H14BrNO3/c1-4-7-17-12-6-5-10(8-11(12)14)15-13(16)18-9(2)3/h1,5-6,8-9H,7H2,2-3H3,(H,15,16). The first-order chi connectivity index (χ1) is 8.52. The lowest BCUT2D eigenvalue weighted by Gasteiger charge is -2.11. The summed E-state index contributed by atoms with van der Waals surface area (Å²) in [4.78, 5) is 11.4. The highest BCUT2D eigenvalue weighted by Gasteiger charge is 2.07. The number of benzene rings is 1. The van der Waals surface area contributed by atoms with Crippen LogP contribution >= 0.6 is 15.9 Å². The topological polar surface area (TPSA) is 47.6 Å². The number of hydrogen-bond donors (Lipinski definition) is 1. The zero-order valence-corrected chi connectivity index (χ0v) is 11.8. The molecule has 0 aliphatic heterocycles. The number of carbonyl (C=O) groups excluding carboxylic acids is 1. The highest BCUT2D eigenvalue weighted by Crippen LogP contribution is 2.28. The molecule has 0 bridgehead atoms. The molecule has 0 aliphatic carbocycles. The summed E-state index contributed by atoms with van der Waals surface area (Å²) < 4.78 is 11.0. The van der Waals surface area contributed by atoms with Crippen molar-refractivity contribution in [3.05, 3.63) is 22.7 Å². The molecule has 1 rings (SSSR count). The third-order valence-corrected chi connectivity index (χ3v) is 2.45. The van der Waals surface area contributed by atoms with Gasteiger partial charge in [0.1, 0.15) is 12.4 Å². The van der Waals surface area contributed by atoms with Crippen LogP contribution in [0.25, 0.3) is 0 Å². The van der Waals surface area contributed by atoms with Crippen molar-refractivity contribution in [3.8, 4) is 18.1 Å². The van der Waals surface area contributed by atoms with E-state index in [-0.39, 0.29) is 12.7 Å². The molecule has 0 aromatic heterocycles. The van der Waals surface area contributed by atoms with E-state index in [1.54, 1.807) is 32.0 Å². The SMILES string of the molecule is C#CCOc1ccc(NC(=O)OC(C)C)cc1Br. The molecular weight excluding hydrogens is 298 g/mol. The summed E-state index contributed by atoms with van der Waals surface area (Å²) in [5, 5.41) is 2.61. The van der Waals surface area contributed by atoms with Gasteiger partial charge in [0.2, 0.25) is 0 Å². The van der Waals surface area contributed by atoms with Crippen molar-refractivity contribution in [1.29, 1.82) is 0 Å². The zero-order valence-electron chi connectivity index (χ0n) is 10.2. The highest BCUT2D eigenvalue weighted by atomic mass is 79.9. The lowest BCUT2D eigenvalue weighted by molar-refractivity contribution is 0.130. The summed E-state index contributed by atoms with van der Waals surface area (Å²) in [5.41, 5.74) is 0.612. The van der Waals surface area contributed by atoms with Gasteiger partial charge in [0, 0.05) is 5.69 Å². The first kappa shape index (κ1) is 14.4. The van der Waals surface area contributed by atoms with Crippen molar-refractivity contribution in [1.82, 2.24) is 0 Å². The third kappa shape index (κ3) is 4.68. The second kappa shape index (κ2) is 6.92. The summed E-state index contributed by atoms with van der Waals surface area (Å²) in [5.74, 6) is 3.00. The van der Waals surface area contributed by atoms with Crippen molar-refractivity contribution in [2.75, 3.05) is 11.9 Å². The van der Waals surface area contributed by atoms with Gasteiger partial charge >= 0.3 is 6.09 Å². The molecule has 5 heteroatoms. The molecule has 0 fully saturated rings. The van der Waals surface area contributed by atoms with Crippen LogP contribution in [0, 0.1) is 12.3 Å². The molecule has 0 heterocycles. The molecule has 0 saturated carbocycles. The molecule has 1 aromatic rings. The summed E-state index contributed by atoms with van der Waals surface area (Å²) >= 11 is 3.33. The van der Waals surface area contributed by atoms with E-state index in [0.29, 0.717) is 15.9 Å². The van der Waals surface area contributed by atoms with Gasteiger partial charge in [0.15, 0.2) is 0 Å². The smallest absolute Gasteiger partial charge is 0.411 e. The minimum Gasteiger partial charge on any atom is -0.480 e. The Hall–Kier alpha value is -1.67. The maximum Gasteiger partial charge on any atom is 0.411 e. The Kier molecular flexibility index (Phi) is 5.53. The number of rotatable bonds is 4. The average Bonchev–Trinajstić information content (AvgIpc) is 2.26. The molecule has 1 amide bonds. The largest absolute Gasteiger partial charge is 0.480 e. The van der Waals surface area contributed by atoms with Gasteiger partial charge in [-0.05, 0) is 48.0 Å². The van der Waals surface area contributed by atoms with Crippen LogP contribution in [0.3, 0.4) is 0 Å². The maximum absolute atomic E-state index is 11.4. The fourth-order valence-corrected chi connectivity index (χ4v) is 1.67. The Labute approximate surface area is 115 Å². The van der Waals surface area contributed by atoms with Gasteiger partial charge in [-0.15, -0.1) is 6.42 Å². The summed E-state index contributed by atoms with van der Waals surface area (Å²) in [7, 11) is 0. The molecule has 0 saturated heterocycles. The third-order valence-electron chi connectivity index (χ3n) is 1.83. The molecule has 1 N–H and O–H groups in total. The van der Waals surface area contributed by atoms with Crippen molar-refractivity contribution in [3.63, 3.8) is 0 Å². The van der Waals surface area contributed by atoms with Crippen LogP contribution in [0.2, 0.25) is 0 Å². The Bertz CT molecular complexity index is 466. The maximum atomic E-state index is 11.4. The van der Waals surface area contributed by atoms with Crippen molar-refractivity contribution >= 4 is 27.7 Å². The Balaban J connectivity index is 2.67. The first-order valence-corrected chi connectivity index (χ1v) is 6.15.